The van der Waals surface area contributed by atoms with Crippen molar-refractivity contribution in [2.24, 2.45) is 5.92 Å². The summed E-state index contributed by atoms with van der Waals surface area (Å²) in [4.78, 5) is 54.0. The summed E-state index contributed by atoms with van der Waals surface area (Å²) in [5, 5.41) is 18.6. The van der Waals surface area contributed by atoms with Crippen LogP contribution in [0.1, 0.15) is 44.6 Å². The van der Waals surface area contributed by atoms with Crippen molar-refractivity contribution in [1.29, 1.82) is 0 Å². The Bertz CT molecular complexity index is 1120. The molecule has 11 heteroatoms. The number of aromatic nitrogens is 1. The van der Waals surface area contributed by atoms with Crippen molar-refractivity contribution < 1.29 is 19.3 Å². The van der Waals surface area contributed by atoms with E-state index in [4.69, 9.17) is 0 Å². The standard InChI is InChI=1S/C22H25N5O5S/c1-3-14-6-8-22(9-7-14)19(29)26(21(30)25-22)11-18(28)24-20-23-16(12-33-20)15-5-4-13(2)17(10-15)27(31)32/h4-5,10,12,14H,3,6-9,11H2,1-2H3,(H,25,30)(H,23,24,28). The van der Waals surface area contributed by atoms with Crippen molar-refractivity contribution in [2.45, 2.75) is 51.5 Å². The fraction of sp³-hybridized carbons (Fsp3) is 0.455. The van der Waals surface area contributed by atoms with Gasteiger partial charge < -0.3 is 10.6 Å². The van der Waals surface area contributed by atoms with Crippen LogP contribution in [0.3, 0.4) is 0 Å². The molecule has 0 unspecified atom stereocenters. The molecule has 2 N–H and O–H groups in total. The summed E-state index contributed by atoms with van der Waals surface area (Å²) < 4.78 is 0. The van der Waals surface area contributed by atoms with E-state index in [2.05, 4.69) is 22.5 Å². The zero-order valence-corrected chi connectivity index (χ0v) is 19.2. The van der Waals surface area contributed by atoms with Gasteiger partial charge in [0.1, 0.15) is 12.1 Å². The molecule has 1 saturated carbocycles. The molecule has 10 nitrogen and oxygen atoms in total. The first-order chi connectivity index (χ1) is 15.7. The van der Waals surface area contributed by atoms with Gasteiger partial charge in [-0.2, -0.15) is 0 Å². The topological polar surface area (TPSA) is 135 Å². The average molecular weight is 472 g/mol. The summed E-state index contributed by atoms with van der Waals surface area (Å²) >= 11 is 1.16. The van der Waals surface area contributed by atoms with E-state index >= 15 is 0 Å². The van der Waals surface area contributed by atoms with Crippen LogP contribution < -0.4 is 10.6 Å². The maximum absolute atomic E-state index is 13.0. The highest BCUT2D eigenvalue weighted by Gasteiger charge is 2.52. The fourth-order valence-electron chi connectivity index (χ4n) is 4.47. The van der Waals surface area contributed by atoms with Crippen LogP contribution in [0.25, 0.3) is 11.3 Å². The number of hydrogen-bond acceptors (Lipinski definition) is 7. The Morgan fingerprint density at radius 2 is 2.09 bits per heavy atom. The van der Waals surface area contributed by atoms with Crippen LogP contribution in [-0.2, 0) is 9.59 Å². The number of nitrogens with one attached hydrogen (secondary N) is 2. The largest absolute Gasteiger partial charge is 0.325 e. The Balaban J connectivity index is 1.40. The molecular weight excluding hydrogens is 446 g/mol. The molecule has 1 aromatic carbocycles. The van der Waals surface area contributed by atoms with E-state index in [1.807, 2.05) is 0 Å². The Kier molecular flexibility index (Phi) is 6.15. The first kappa shape index (κ1) is 22.8. The number of imide groups is 1. The van der Waals surface area contributed by atoms with Crippen molar-refractivity contribution >= 4 is 40.0 Å². The van der Waals surface area contributed by atoms with E-state index in [-0.39, 0.29) is 16.7 Å². The maximum atomic E-state index is 13.0. The molecule has 0 radical (unpaired) electrons. The highest BCUT2D eigenvalue weighted by atomic mass is 32.1. The first-order valence-electron chi connectivity index (χ1n) is 10.9. The van der Waals surface area contributed by atoms with E-state index in [0.29, 0.717) is 35.6 Å². The molecule has 2 fully saturated rings. The quantitative estimate of drug-likeness (QED) is 0.373. The van der Waals surface area contributed by atoms with Crippen LogP contribution in [0.2, 0.25) is 0 Å². The van der Waals surface area contributed by atoms with Crippen molar-refractivity contribution in [1.82, 2.24) is 15.2 Å². The molecule has 2 aromatic rings. The number of urea groups is 1. The third-order valence-electron chi connectivity index (χ3n) is 6.54. The Morgan fingerprint density at radius 3 is 2.76 bits per heavy atom. The molecule has 2 aliphatic rings. The molecule has 1 aliphatic carbocycles. The number of benzene rings is 1. The molecule has 4 rings (SSSR count). The van der Waals surface area contributed by atoms with Gasteiger partial charge in [-0.05, 0) is 38.5 Å². The zero-order chi connectivity index (χ0) is 23.8. The van der Waals surface area contributed by atoms with E-state index in [1.54, 1.807) is 24.4 Å². The van der Waals surface area contributed by atoms with E-state index in [0.717, 1.165) is 35.5 Å². The molecular formula is C22H25N5O5S. The van der Waals surface area contributed by atoms with Gasteiger partial charge in [-0.3, -0.25) is 24.6 Å². The first-order valence-corrected chi connectivity index (χ1v) is 11.8. The summed E-state index contributed by atoms with van der Waals surface area (Å²) in [6.45, 7) is 3.39. The number of nitrogens with zero attached hydrogens (tertiary/aromatic N) is 3. The molecule has 1 aromatic heterocycles. The molecule has 1 saturated heterocycles. The third-order valence-corrected chi connectivity index (χ3v) is 7.29. The minimum Gasteiger partial charge on any atom is -0.323 e. The van der Waals surface area contributed by atoms with Crippen LogP contribution in [0.15, 0.2) is 23.6 Å². The minimum absolute atomic E-state index is 0.00783. The van der Waals surface area contributed by atoms with Gasteiger partial charge in [0.05, 0.1) is 10.6 Å². The average Bonchev–Trinajstić information content (AvgIpc) is 3.33. The summed E-state index contributed by atoms with van der Waals surface area (Å²) in [5.74, 6) is -0.315. The smallest absolute Gasteiger partial charge is 0.323 e. The van der Waals surface area contributed by atoms with Crippen LogP contribution in [0.4, 0.5) is 15.6 Å². The number of anilines is 1. The molecule has 4 amide bonds. The highest BCUT2D eigenvalue weighted by molar-refractivity contribution is 7.14. The van der Waals surface area contributed by atoms with Gasteiger partial charge in [0.15, 0.2) is 5.13 Å². The second-order valence-electron chi connectivity index (χ2n) is 8.60. The van der Waals surface area contributed by atoms with Gasteiger partial charge in [-0.25, -0.2) is 9.78 Å². The maximum Gasteiger partial charge on any atom is 0.325 e. The predicted octanol–water partition coefficient (Wildman–Crippen LogP) is 3.86. The minimum atomic E-state index is -0.891. The number of hydrogen-bond donors (Lipinski definition) is 2. The number of carbonyl (C=O) groups excluding carboxylic acids is 3. The summed E-state index contributed by atoms with van der Waals surface area (Å²) in [5.41, 5.74) is 0.689. The summed E-state index contributed by atoms with van der Waals surface area (Å²) in [6.07, 6.45) is 3.98. The monoisotopic (exact) mass is 471 g/mol. The Morgan fingerprint density at radius 1 is 1.36 bits per heavy atom. The van der Waals surface area contributed by atoms with E-state index < -0.39 is 28.9 Å². The number of amides is 4. The molecule has 0 atom stereocenters. The van der Waals surface area contributed by atoms with Gasteiger partial charge >= 0.3 is 6.03 Å². The Labute approximate surface area is 194 Å². The number of nitro groups is 1. The lowest BCUT2D eigenvalue weighted by Crippen LogP contribution is -2.49. The van der Waals surface area contributed by atoms with Crippen molar-refractivity contribution in [2.75, 3.05) is 11.9 Å². The second kappa shape index (κ2) is 8.89. The molecule has 1 aliphatic heterocycles. The number of carbonyl (C=O) groups is 3. The SMILES string of the molecule is CCC1CCC2(CC1)NC(=O)N(CC(=O)Nc1nc(-c3ccc(C)c([N+](=O)[O-])c3)cs1)C2=O. The molecule has 0 bridgehead atoms. The van der Waals surface area contributed by atoms with Crippen LogP contribution in [0, 0.1) is 23.0 Å². The Hall–Kier alpha value is -3.34. The van der Waals surface area contributed by atoms with Gasteiger partial charge in [-0.15, -0.1) is 11.3 Å². The lowest BCUT2D eigenvalue weighted by atomic mass is 9.75. The van der Waals surface area contributed by atoms with Crippen molar-refractivity contribution in [3.8, 4) is 11.3 Å². The molecule has 174 valence electrons. The van der Waals surface area contributed by atoms with Crippen LogP contribution in [-0.4, -0.2) is 44.7 Å². The normalized spacial score (nSPS) is 22.5. The predicted molar refractivity (Wildman–Crippen MR) is 123 cm³/mol. The molecule has 2 heterocycles. The van der Waals surface area contributed by atoms with Gasteiger partial charge in [0.25, 0.3) is 11.6 Å². The summed E-state index contributed by atoms with van der Waals surface area (Å²) in [6, 6.07) is 4.27. The number of nitro benzene ring substituents is 1. The number of rotatable bonds is 6. The van der Waals surface area contributed by atoms with E-state index in [9.17, 15) is 24.5 Å². The third kappa shape index (κ3) is 4.45. The second-order valence-corrected chi connectivity index (χ2v) is 9.46. The van der Waals surface area contributed by atoms with Crippen LogP contribution >= 0.6 is 11.3 Å². The molecule has 33 heavy (non-hydrogen) atoms. The molecule has 1 spiro atoms. The van der Waals surface area contributed by atoms with Gasteiger partial charge in [0, 0.05) is 22.6 Å². The van der Waals surface area contributed by atoms with Gasteiger partial charge in [-0.1, -0.05) is 25.5 Å². The number of thiazole rings is 1. The van der Waals surface area contributed by atoms with Crippen LogP contribution in [0.5, 0.6) is 0 Å². The van der Waals surface area contributed by atoms with E-state index in [1.165, 1.54) is 6.07 Å². The van der Waals surface area contributed by atoms with Crippen molar-refractivity contribution in [3.05, 3.63) is 39.3 Å². The fourth-order valence-corrected chi connectivity index (χ4v) is 5.20. The highest BCUT2D eigenvalue weighted by Crippen LogP contribution is 2.37. The van der Waals surface area contributed by atoms with Crippen molar-refractivity contribution in [3.63, 3.8) is 0 Å². The lowest BCUT2D eigenvalue weighted by Gasteiger charge is -2.34. The zero-order valence-electron chi connectivity index (χ0n) is 18.4. The lowest BCUT2D eigenvalue weighted by molar-refractivity contribution is -0.385. The van der Waals surface area contributed by atoms with Gasteiger partial charge in [0.2, 0.25) is 5.91 Å². The number of aryl methyl sites for hydroxylation is 1. The summed E-state index contributed by atoms with van der Waals surface area (Å²) in [7, 11) is 0.